The molecule has 120 valence electrons. The van der Waals surface area contributed by atoms with E-state index in [-0.39, 0.29) is 12.0 Å². The topological polar surface area (TPSA) is 20.3 Å². The molecule has 2 aromatic carbocycles. The monoisotopic (exact) mass is 307 g/mol. The Balaban J connectivity index is 1.62. The number of carbonyl (C=O) groups is 1. The van der Waals surface area contributed by atoms with Crippen molar-refractivity contribution in [3.8, 4) is 0 Å². The third-order valence-electron chi connectivity index (χ3n) is 5.12. The molecule has 0 aliphatic carbocycles. The molecule has 2 nitrogen and oxygen atoms in total. The van der Waals surface area contributed by atoms with Crippen LogP contribution in [0.5, 0.6) is 0 Å². The Hall–Kier alpha value is -2.09. The van der Waals surface area contributed by atoms with Gasteiger partial charge in [0.15, 0.2) is 0 Å². The fourth-order valence-corrected chi connectivity index (χ4v) is 3.55. The minimum Gasteiger partial charge on any atom is -0.336 e. The van der Waals surface area contributed by atoms with Crippen molar-refractivity contribution in [3.63, 3.8) is 0 Å². The van der Waals surface area contributed by atoms with Crippen molar-refractivity contribution < 1.29 is 4.79 Å². The van der Waals surface area contributed by atoms with Crippen LogP contribution >= 0.6 is 0 Å². The maximum Gasteiger partial charge on any atom is 0.226 e. The van der Waals surface area contributed by atoms with E-state index in [4.69, 9.17) is 0 Å². The van der Waals surface area contributed by atoms with Gasteiger partial charge in [0.2, 0.25) is 5.91 Å². The van der Waals surface area contributed by atoms with Gasteiger partial charge in [-0.3, -0.25) is 4.79 Å². The summed E-state index contributed by atoms with van der Waals surface area (Å²) in [6.07, 6.45) is 2.94. The summed E-state index contributed by atoms with van der Waals surface area (Å²) in [5.74, 6) is 0.510. The van der Waals surface area contributed by atoms with Gasteiger partial charge in [-0.15, -0.1) is 0 Å². The van der Waals surface area contributed by atoms with Gasteiger partial charge in [-0.2, -0.15) is 0 Å². The van der Waals surface area contributed by atoms with Crippen LogP contribution in [-0.2, 0) is 11.2 Å². The molecule has 0 aromatic heterocycles. The molecule has 0 bridgehead atoms. The Morgan fingerprint density at radius 1 is 1.09 bits per heavy atom. The number of nitrogens with zero attached hydrogens (tertiary/aromatic N) is 1. The summed E-state index contributed by atoms with van der Waals surface area (Å²) < 4.78 is 0. The minimum absolute atomic E-state index is 0.173. The summed E-state index contributed by atoms with van der Waals surface area (Å²) in [5.41, 5.74) is 3.92. The van der Waals surface area contributed by atoms with Crippen LogP contribution in [0.25, 0.3) is 0 Å². The molecule has 1 aliphatic heterocycles. The van der Waals surface area contributed by atoms with E-state index >= 15 is 0 Å². The molecule has 23 heavy (non-hydrogen) atoms. The first-order valence-corrected chi connectivity index (χ1v) is 8.56. The Kier molecular flexibility index (Phi) is 4.80. The van der Waals surface area contributed by atoms with E-state index in [0.29, 0.717) is 5.91 Å². The first kappa shape index (κ1) is 15.8. The van der Waals surface area contributed by atoms with Crippen LogP contribution in [0.2, 0.25) is 0 Å². The molecule has 2 heteroatoms. The molecule has 1 saturated heterocycles. The number of aryl methyl sites for hydroxylation is 2. The van der Waals surface area contributed by atoms with Crippen LogP contribution in [0.4, 0.5) is 0 Å². The summed E-state index contributed by atoms with van der Waals surface area (Å²) >= 11 is 0. The summed E-state index contributed by atoms with van der Waals surface area (Å²) in [7, 11) is 0. The molecule has 1 fully saturated rings. The zero-order valence-electron chi connectivity index (χ0n) is 14.0. The third kappa shape index (κ3) is 3.47. The summed E-state index contributed by atoms with van der Waals surface area (Å²) in [5, 5.41) is 0. The summed E-state index contributed by atoms with van der Waals surface area (Å²) in [6, 6.07) is 19.0. The minimum atomic E-state index is 0.173. The van der Waals surface area contributed by atoms with Crippen LogP contribution in [0.15, 0.2) is 54.6 Å². The number of hydrogen-bond donors (Lipinski definition) is 0. The van der Waals surface area contributed by atoms with Gasteiger partial charge in [0, 0.05) is 12.5 Å². The maximum atomic E-state index is 12.8. The maximum absolute atomic E-state index is 12.8. The lowest BCUT2D eigenvalue weighted by molar-refractivity contribution is -0.132. The van der Waals surface area contributed by atoms with Crippen molar-refractivity contribution in [1.29, 1.82) is 0 Å². The van der Waals surface area contributed by atoms with Gasteiger partial charge in [0.05, 0.1) is 6.04 Å². The predicted molar refractivity (Wildman–Crippen MR) is 94.2 cm³/mol. The van der Waals surface area contributed by atoms with Gasteiger partial charge in [0.1, 0.15) is 0 Å². The van der Waals surface area contributed by atoms with Gasteiger partial charge in [-0.25, -0.2) is 0 Å². The molecule has 2 atom stereocenters. The Bertz CT molecular complexity index is 665. The third-order valence-corrected chi connectivity index (χ3v) is 5.12. The molecule has 0 saturated carbocycles. The quantitative estimate of drug-likeness (QED) is 0.794. The van der Waals surface area contributed by atoms with Crippen molar-refractivity contribution in [2.24, 2.45) is 5.92 Å². The number of likely N-dealkylation sites (tertiary alicyclic amines) is 1. The number of carbonyl (C=O) groups excluding carboxylic acids is 1. The predicted octanol–water partition coefficient (Wildman–Crippen LogP) is 4.54. The second-order valence-electron chi connectivity index (χ2n) is 6.57. The van der Waals surface area contributed by atoms with E-state index in [1.807, 2.05) is 18.2 Å². The van der Waals surface area contributed by atoms with Crippen molar-refractivity contribution >= 4 is 5.91 Å². The molecular formula is C21H25NO. The summed E-state index contributed by atoms with van der Waals surface area (Å²) in [4.78, 5) is 14.8. The van der Waals surface area contributed by atoms with E-state index in [1.165, 1.54) is 16.7 Å². The normalized spacial score (nSPS) is 19.1. The van der Waals surface area contributed by atoms with E-state index < -0.39 is 0 Å². The van der Waals surface area contributed by atoms with Gasteiger partial charge in [-0.05, 0) is 49.8 Å². The molecule has 0 radical (unpaired) electrons. The Morgan fingerprint density at radius 2 is 1.78 bits per heavy atom. The fourth-order valence-electron chi connectivity index (χ4n) is 3.55. The Labute approximate surface area is 139 Å². The molecular weight excluding hydrogens is 282 g/mol. The average molecular weight is 307 g/mol. The molecule has 1 heterocycles. The highest BCUT2D eigenvalue weighted by Gasteiger charge is 2.34. The van der Waals surface area contributed by atoms with Crippen molar-refractivity contribution in [1.82, 2.24) is 4.90 Å². The van der Waals surface area contributed by atoms with Crippen LogP contribution in [0.1, 0.15) is 42.5 Å². The Morgan fingerprint density at radius 3 is 2.52 bits per heavy atom. The fraction of sp³-hybridized carbons (Fsp3) is 0.381. The van der Waals surface area contributed by atoms with E-state index in [9.17, 15) is 4.79 Å². The largest absolute Gasteiger partial charge is 0.336 e. The lowest BCUT2D eigenvalue weighted by atomic mass is 9.96. The van der Waals surface area contributed by atoms with Crippen LogP contribution in [-0.4, -0.2) is 17.4 Å². The number of hydrogen-bond acceptors (Lipinski definition) is 1. The van der Waals surface area contributed by atoms with E-state index in [2.05, 4.69) is 55.1 Å². The van der Waals surface area contributed by atoms with Gasteiger partial charge in [-0.1, -0.05) is 54.6 Å². The lowest BCUT2D eigenvalue weighted by Gasteiger charge is -2.25. The lowest BCUT2D eigenvalue weighted by Crippen LogP contribution is -2.30. The highest BCUT2D eigenvalue weighted by atomic mass is 16.2. The van der Waals surface area contributed by atoms with E-state index in [0.717, 1.165) is 25.8 Å². The molecule has 0 unspecified atom stereocenters. The first-order valence-electron chi connectivity index (χ1n) is 8.56. The molecule has 0 N–H and O–H groups in total. The zero-order chi connectivity index (χ0) is 16.2. The number of benzene rings is 2. The zero-order valence-corrected chi connectivity index (χ0v) is 14.0. The van der Waals surface area contributed by atoms with Crippen molar-refractivity contribution in [3.05, 3.63) is 71.3 Å². The molecule has 1 amide bonds. The first-order chi connectivity index (χ1) is 11.2. The number of amides is 1. The van der Waals surface area contributed by atoms with Crippen molar-refractivity contribution in [2.45, 2.75) is 39.2 Å². The second kappa shape index (κ2) is 6.99. The highest BCUT2D eigenvalue weighted by Crippen LogP contribution is 2.31. The van der Waals surface area contributed by atoms with Crippen LogP contribution < -0.4 is 0 Å². The van der Waals surface area contributed by atoms with Gasteiger partial charge < -0.3 is 4.90 Å². The highest BCUT2D eigenvalue weighted by molar-refractivity contribution is 5.81. The van der Waals surface area contributed by atoms with Gasteiger partial charge >= 0.3 is 0 Å². The second-order valence-corrected chi connectivity index (χ2v) is 6.57. The summed E-state index contributed by atoms with van der Waals surface area (Å²) in [6.45, 7) is 5.17. The molecule has 0 spiro atoms. The SMILES string of the molecule is Cc1ccccc1CC[C@H]1CCN([C@@H](C)c2ccccc2)C1=O. The smallest absolute Gasteiger partial charge is 0.226 e. The van der Waals surface area contributed by atoms with Crippen LogP contribution in [0, 0.1) is 12.8 Å². The van der Waals surface area contributed by atoms with E-state index in [1.54, 1.807) is 0 Å². The van der Waals surface area contributed by atoms with Gasteiger partial charge in [0.25, 0.3) is 0 Å². The molecule has 2 aromatic rings. The van der Waals surface area contributed by atoms with Crippen LogP contribution in [0.3, 0.4) is 0 Å². The standard InChI is InChI=1S/C21H25NO/c1-16-8-6-7-9-18(16)12-13-20-14-15-22(21(20)23)17(2)19-10-4-3-5-11-19/h3-11,17,20H,12-15H2,1-2H3/t17-,20-/m0/s1. The average Bonchev–Trinajstić information content (AvgIpc) is 2.95. The van der Waals surface area contributed by atoms with Crippen molar-refractivity contribution in [2.75, 3.05) is 6.54 Å². The molecule has 1 aliphatic rings. The number of rotatable bonds is 5. The molecule has 3 rings (SSSR count).